The number of nitro groups is 2. The lowest BCUT2D eigenvalue weighted by molar-refractivity contribution is -0.512. The van der Waals surface area contributed by atoms with Crippen molar-refractivity contribution in [1.29, 1.82) is 0 Å². The Morgan fingerprint density at radius 1 is 1.12 bits per heavy atom. The van der Waals surface area contributed by atoms with Crippen LogP contribution in [-0.4, -0.2) is 28.7 Å². The number of oxime groups is 1. The zero-order valence-electron chi connectivity index (χ0n) is 13.1. The minimum Gasteiger partial charge on any atom is -0.497 e. The highest BCUT2D eigenvalue weighted by Crippen LogP contribution is 2.33. The number of non-ortho nitro benzene ring substituents is 1. The minimum atomic E-state index is -1.27. The van der Waals surface area contributed by atoms with Crippen LogP contribution in [0.5, 0.6) is 5.75 Å². The molecular weight excluding hydrogens is 330 g/mol. The third-order valence-corrected chi connectivity index (χ3v) is 3.85. The van der Waals surface area contributed by atoms with E-state index in [-0.39, 0.29) is 11.4 Å². The summed E-state index contributed by atoms with van der Waals surface area (Å²) in [7, 11) is 1.52. The van der Waals surface area contributed by atoms with Gasteiger partial charge >= 0.3 is 6.04 Å². The normalized spacial score (nSPS) is 19.0. The zero-order valence-corrected chi connectivity index (χ0v) is 13.1. The molecule has 9 nitrogen and oxygen atoms in total. The van der Waals surface area contributed by atoms with Crippen LogP contribution in [0.25, 0.3) is 0 Å². The third-order valence-electron chi connectivity index (χ3n) is 3.85. The van der Waals surface area contributed by atoms with Gasteiger partial charge in [-0.05, 0) is 24.3 Å². The lowest BCUT2D eigenvalue weighted by Gasteiger charge is -2.12. The van der Waals surface area contributed by atoms with Crippen molar-refractivity contribution in [2.45, 2.75) is 12.1 Å². The molecule has 0 spiro atoms. The van der Waals surface area contributed by atoms with E-state index < -0.39 is 22.0 Å². The zero-order chi connectivity index (χ0) is 18.0. The molecule has 0 radical (unpaired) electrons. The van der Waals surface area contributed by atoms with Crippen LogP contribution in [0.4, 0.5) is 5.69 Å². The number of nitrogens with zero attached hydrogens (tertiary/aromatic N) is 3. The van der Waals surface area contributed by atoms with Crippen LogP contribution in [0.3, 0.4) is 0 Å². The van der Waals surface area contributed by atoms with E-state index in [2.05, 4.69) is 5.16 Å². The Kier molecular flexibility index (Phi) is 4.29. The molecule has 0 bridgehead atoms. The summed E-state index contributed by atoms with van der Waals surface area (Å²) >= 11 is 0. The van der Waals surface area contributed by atoms with Crippen molar-refractivity contribution in [3.8, 4) is 5.75 Å². The molecule has 2 atom stereocenters. The molecule has 1 heterocycles. The van der Waals surface area contributed by atoms with Gasteiger partial charge in [0.15, 0.2) is 5.71 Å². The van der Waals surface area contributed by atoms with Gasteiger partial charge in [0.2, 0.25) is 6.10 Å². The molecule has 0 fully saturated rings. The minimum absolute atomic E-state index is 0.157. The fourth-order valence-electron chi connectivity index (χ4n) is 2.62. The first kappa shape index (κ1) is 16.4. The molecule has 0 amide bonds. The van der Waals surface area contributed by atoms with E-state index in [0.29, 0.717) is 16.9 Å². The van der Waals surface area contributed by atoms with Gasteiger partial charge in [-0.1, -0.05) is 17.3 Å². The molecular formula is C16H13N3O6. The quantitative estimate of drug-likeness (QED) is 0.608. The van der Waals surface area contributed by atoms with Gasteiger partial charge < -0.3 is 9.57 Å². The van der Waals surface area contributed by atoms with Crippen molar-refractivity contribution in [1.82, 2.24) is 0 Å². The summed E-state index contributed by atoms with van der Waals surface area (Å²) in [6, 6.07) is 10.9. The van der Waals surface area contributed by atoms with Crippen molar-refractivity contribution >= 4 is 11.4 Å². The van der Waals surface area contributed by atoms with Crippen molar-refractivity contribution < 1.29 is 19.4 Å². The van der Waals surface area contributed by atoms with E-state index in [4.69, 9.17) is 9.57 Å². The largest absolute Gasteiger partial charge is 0.497 e. The Labute approximate surface area is 141 Å². The second-order valence-electron chi connectivity index (χ2n) is 5.31. The molecule has 0 saturated carbocycles. The Bertz CT molecular complexity index is 849. The maximum atomic E-state index is 11.6. The summed E-state index contributed by atoms with van der Waals surface area (Å²) in [5, 5.41) is 26.4. The number of methoxy groups -OCH3 is 1. The lowest BCUT2D eigenvalue weighted by atomic mass is 9.95. The highest BCUT2D eigenvalue weighted by atomic mass is 16.7. The maximum absolute atomic E-state index is 11.6. The van der Waals surface area contributed by atoms with Gasteiger partial charge in [0.1, 0.15) is 5.75 Å². The van der Waals surface area contributed by atoms with Gasteiger partial charge in [-0.2, -0.15) is 0 Å². The summed E-state index contributed by atoms with van der Waals surface area (Å²) in [5.74, 6) is 0.608. The van der Waals surface area contributed by atoms with E-state index in [9.17, 15) is 20.2 Å². The van der Waals surface area contributed by atoms with Crippen LogP contribution < -0.4 is 4.74 Å². The molecule has 0 saturated heterocycles. The first-order valence-electron chi connectivity index (χ1n) is 7.27. The molecule has 128 valence electrons. The first-order valence-corrected chi connectivity index (χ1v) is 7.27. The van der Waals surface area contributed by atoms with Crippen LogP contribution in [0, 0.1) is 20.2 Å². The Balaban J connectivity index is 1.94. The fraction of sp³-hybridized carbons (Fsp3) is 0.188. The highest BCUT2D eigenvalue weighted by molar-refractivity contribution is 6.04. The van der Waals surface area contributed by atoms with E-state index in [1.54, 1.807) is 30.3 Å². The van der Waals surface area contributed by atoms with Gasteiger partial charge in [-0.25, -0.2) is 0 Å². The fourth-order valence-corrected chi connectivity index (χ4v) is 2.62. The number of rotatable bonds is 5. The van der Waals surface area contributed by atoms with Gasteiger partial charge in [0.25, 0.3) is 5.69 Å². The van der Waals surface area contributed by atoms with Crippen molar-refractivity contribution in [3.63, 3.8) is 0 Å². The van der Waals surface area contributed by atoms with Crippen molar-refractivity contribution in [2.75, 3.05) is 7.11 Å². The summed E-state index contributed by atoms with van der Waals surface area (Å²) in [4.78, 5) is 26.7. The van der Waals surface area contributed by atoms with Gasteiger partial charge in [-0.3, -0.25) is 20.2 Å². The molecule has 0 N–H and O–H groups in total. The Morgan fingerprint density at radius 2 is 1.84 bits per heavy atom. The third kappa shape index (κ3) is 3.11. The Morgan fingerprint density at radius 3 is 2.44 bits per heavy atom. The predicted octanol–water partition coefficient (Wildman–Crippen LogP) is 2.72. The summed E-state index contributed by atoms with van der Waals surface area (Å²) in [6.45, 7) is 0. The van der Waals surface area contributed by atoms with Crippen LogP contribution in [-0.2, 0) is 4.84 Å². The van der Waals surface area contributed by atoms with Crippen molar-refractivity contribution in [2.24, 2.45) is 5.16 Å². The van der Waals surface area contributed by atoms with E-state index in [0.717, 1.165) is 0 Å². The second-order valence-corrected chi connectivity index (χ2v) is 5.31. The smallest absolute Gasteiger partial charge is 0.301 e. The van der Waals surface area contributed by atoms with Crippen LogP contribution in [0.2, 0.25) is 0 Å². The molecule has 9 heteroatoms. The molecule has 1 aliphatic heterocycles. The summed E-state index contributed by atoms with van der Waals surface area (Å²) in [6.07, 6.45) is -1.04. The number of hydrogen-bond acceptors (Lipinski definition) is 7. The lowest BCUT2D eigenvalue weighted by Crippen LogP contribution is -2.32. The average molecular weight is 343 g/mol. The summed E-state index contributed by atoms with van der Waals surface area (Å²) < 4.78 is 5.06. The topological polar surface area (TPSA) is 117 Å². The van der Waals surface area contributed by atoms with E-state index in [1.165, 1.54) is 25.3 Å². The van der Waals surface area contributed by atoms with Crippen LogP contribution in [0.1, 0.15) is 17.2 Å². The standard InChI is InChI=1S/C16H13N3O6/c1-24-13-7-5-10(6-8-13)14-15(19(22)23)16(25-17-14)11-3-2-4-12(9-11)18(20)21/h2-9,15-16H,1H3. The average Bonchev–Trinajstić information content (AvgIpc) is 3.07. The van der Waals surface area contributed by atoms with E-state index in [1.807, 2.05) is 0 Å². The van der Waals surface area contributed by atoms with Crippen molar-refractivity contribution in [3.05, 3.63) is 79.9 Å². The molecule has 0 aliphatic carbocycles. The molecule has 25 heavy (non-hydrogen) atoms. The predicted molar refractivity (Wildman–Crippen MR) is 87.2 cm³/mol. The first-order chi connectivity index (χ1) is 12.0. The SMILES string of the molecule is COc1ccc(C2=NOC(c3cccc([N+](=O)[O-])c3)C2[N+](=O)[O-])cc1. The summed E-state index contributed by atoms with van der Waals surface area (Å²) in [5.41, 5.74) is 0.837. The molecule has 2 aromatic carbocycles. The maximum Gasteiger partial charge on any atom is 0.301 e. The molecule has 3 rings (SSSR count). The van der Waals surface area contributed by atoms with Gasteiger partial charge in [0, 0.05) is 28.2 Å². The monoisotopic (exact) mass is 343 g/mol. The molecule has 0 aromatic heterocycles. The number of nitro benzene ring substituents is 1. The second kappa shape index (κ2) is 6.56. The number of ether oxygens (including phenoxy) is 1. The van der Waals surface area contributed by atoms with Gasteiger partial charge in [0.05, 0.1) is 12.0 Å². The van der Waals surface area contributed by atoms with Crippen LogP contribution in [0.15, 0.2) is 53.7 Å². The van der Waals surface area contributed by atoms with Crippen LogP contribution >= 0.6 is 0 Å². The number of hydrogen-bond donors (Lipinski definition) is 0. The Hall–Kier alpha value is -3.49. The highest BCUT2D eigenvalue weighted by Gasteiger charge is 2.45. The molecule has 2 aromatic rings. The molecule has 1 aliphatic rings. The molecule has 2 unspecified atom stereocenters. The number of benzene rings is 2. The van der Waals surface area contributed by atoms with Gasteiger partial charge in [-0.15, -0.1) is 0 Å². The van der Waals surface area contributed by atoms with E-state index >= 15 is 0 Å².